The van der Waals surface area contributed by atoms with Gasteiger partial charge in [-0.3, -0.25) is 4.55 Å². The second-order valence-electron chi connectivity index (χ2n) is 3.45. The maximum atomic E-state index is 13.7. The lowest BCUT2D eigenvalue weighted by molar-refractivity contribution is -0.211. The zero-order chi connectivity index (χ0) is 14.4. The molecule has 0 heterocycles. The van der Waals surface area contributed by atoms with Crippen molar-refractivity contribution in [2.24, 2.45) is 0 Å². The molecule has 0 aromatic heterocycles. The van der Waals surface area contributed by atoms with Gasteiger partial charge in [0.05, 0.1) is 0 Å². The van der Waals surface area contributed by atoms with Gasteiger partial charge < -0.3 is 0 Å². The summed E-state index contributed by atoms with van der Waals surface area (Å²) in [5, 5.41) is 8.20. The Hall–Kier alpha value is -1.25. The van der Waals surface area contributed by atoms with Crippen LogP contribution < -0.4 is 4.72 Å². The molecule has 11 heteroatoms. The van der Waals surface area contributed by atoms with Crippen LogP contribution in [0.15, 0.2) is 12.2 Å². The van der Waals surface area contributed by atoms with E-state index in [4.69, 9.17) is 9.81 Å². The molecule has 0 bridgehead atoms. The van der Waals surface area contributed by atoms with Crippen LogP contribution in [-0.4, -0.2) is 36.5 Å². The molecule has 0 fully saturated rings. The van der Waals surface area contributed by atoms with E-state index in [-0.39, 0.29) is 18.2 Å². The summed E-state index contributed by atoms with van der Waals surface area (Å²) in [6.45, 7) is 0. The second kappa shape index (κ2) is 3.87. The third kappa shape index (κ3) is 1.96. The number of halogens is 5. The van der Waals surface area contributed by atoms with E-state index in [1.807, 2.05) is 0 Å². The zero-order valence-corrected chi connectivity index (χ0v) is 9.06. The highest BCUT2D eigenvalue weighted by molar-refractivity contribution is 7.83. The van der Waals surface area contributed by atoms with E-state index in [1.165, 1.54) is 0 Å². The van der Waals surface area contributed by atoms with Crippen molar-refractivity contribution >= 4 is 10.3 Å². The van der Waals surface area contributed by atoms with Gasteiger partial charge in [-0.05, 0) is 12.2 Å². The Morgan fingerprint density at radius 2 is 1.83 bits per heavy atom. The van der Waals surface area contributed by atoms with Crippen LogP contribution >= 0.6 is 0 Å². The maximum Gasteiger partial charge on any atom is 0.349 e. The molecule has 2 N–H and O–H groups in total. The monoisotopic (exact) mass is 292 g/mol. The highest BCUT2D eigenvalue weighted by Gasteiger charge is 2.74. The summed E-state index contributed by atoms with van der Waals surface area (Å²) in [7, 11) is -5.48. The summed E-state index contributed by atoms with van der Waals surface area (Å²) in [6, 6.07) is 0.262. The molecule has 0 aliphatic heterocycles. The molecule has 0 radical (unpaired) electrons. The quantitative estimate of drug-likeness (QED) is 0.341. The molecule has 3 unspecified atom stereocenters. The third-order valence-corrected chi connectivity index (χ3v) is 2.78. The van der Waals surface area contributed by atoms with E-state index in [0.717, 1.165) is 0 Å². The van der Waals surface area contributed by atoms with E-state index in [2.05, 4.69) is 0 Å². The maximum absolute atomic E-state index is 13.7. The van der Waals surface area contributed by atoms with Crippen LogP contribution in [0.4, 0.5) is 22.0 Å². The van der Waals surface area contributed by atoms with Crippen molar-refractivity contribution in [3.63, 3.8) is 0 Å². The van der Waals surface area contributed by atoms with Crippen molar-refractivity contribution in [2.75, 3.05) is 0 Å². The van der Waals surface area contributed by atoms with Crippen molar-refractivity contribution in [1.29, 1.82) is 5.26 Å². The van der Waals surface area contributed by atoms with E-state index in [9.17, 15) is 30.4 Å². The minimum absolute atomic E-state index is 0.0845. The molecule has 0 saturated carbocycles. The highest BCUT2D eigenvalue weighted by Crippen LogP contribution is 2.49. The molecule has 0 aromatic rings. The first-order valence-corrected chi connectivity index (χ1v) is 5.60. The topological polar surface area (TPSA) is 90.2 Å². The molecule has 0 saturated heterocycles. The molecule has 1 aliphatic rings. The average molecular weight is 292 g/mol. The van der Waals surface area contributed by atoms with Gasteiger partial charge in [0.15, 0.2) is 6.17 Å². The van der Waals surface area contributed by atoms with Crippen LogP contribution in [0.5, 0.6) is 0 Å². The van der Waals surface area contributed by atoms with Crippen molar-refractivity contribution in [3.05, 3.63) is 12.2 Å². The van der Waals surface area contributed by atoms with Crippen molar-refractivity contribution < 1.29 is 34.9 Å². The normalized spacial score (nSPS) is 39.3. The molecule has 102 valence electrons. The summed E-state index contributed by atoms with van der Waals surface area (Å²) >= 11 is 0. The Bertz CT molecular complexity index is 530. The van der Waals surface area contributed by atoms with Crippen LogP contribution in [0, 0.1) is 11.3 Å². The van der Waals surface area contributed by atoms with E-state index in [0.29, 0.717) is 4.72 Å². The number of hydrogen-bond donors (Lipinski definition) is 2. The molecule has 3 atom stereocenters. The second-order valence-corrected chi connectivity index (χ2v) is 4.60. The molecular formula is C7H5F5N2O3S. The zero-order valence-electron chi connectivity index (χ0n) is 8.24. The van der Waals surface area contributed by atoms with Gasteiger partial charge in [-0.15, -0.1) is 4.72 Å². The Morgan fingerprint density at radius 3 is 2.22 bits per heavy atom. The van der Waals surface area contributed by atoms with Gasteiger partial charge in [0.1, 0.15) is 6.07 Å². The summed E-state index contributed by atoms with van der Waals surface area (Å²) in [6.07, 6.45) is -3.57. The molecular weight excluding hydrogens is 287 g/mol. The number of allylic oxidation sites excluding steroid dienone is 1. The highest BCUT2D eigenvalue weighted by atomic mass is 32.2. The van der Waals surface area contributed by atoms with Crippen molar-refractivity contribution in [3.8, 4) is 6.07 Å². The summed E-state index contributed by atoms with van der Waals surface area (Å²) in [5.74, 6) is -9.85. The summed E-state index contributed by atoms with van der Waals surface area (Å²) < 4.78 is 96.1. The molecule has 5 nitrogen and oxygen atoms in total. The fraction of sp³-hybridized carbons (Fsp3) is 0.571. The van der Waals surface area contributed by atoms with Gasteiger partial charge in [0.25, 0.3) is 11.5 Å². The predicted octanol–water partition coefficient (Wildman–Crippen LogP) is 0.820. The minimum atomic E-state index is -5.48. The van der Waals surface area contributed by atoms with E-state index >= 15 is 0 Å². The van der Waals surface area contributed by atoms with Gasteiger partial charge in [0.2, 0.25) is 0 Å². The lowest BCUT2D eigenvalue weighted by Gasteiger charge is -2.40. The molecule has 1 rings (SSSR count). The molecule has 0 spiro atoms. The number of nitrogens with one attached hydrogen (secondary N) is 1. The van der Waals surface area contributed by atoms with Crippen LogP contribution in [0.25, 0.3) is 0 Å². The number of hydrogen-bond acceptors (Lipinski definition) is 3. The summed E-state index contributed by atoms with van der Waals surface area (Å²) in [5.41, 5.74) is -4.62. The lowest BCUT2D eigenvalue weighted by Crippen LogP contribution is -2.68. The average Bonchev–Trinajstić information content (AvgIpc) is 2.20. The van der Waals surface area contributed by atoms with Gasteiger partial charge >= 0.3 is 16.2 Å². The Morgan fingerprint density at radius 1 is 1.33 bits per heavy atom. The molecule has 0 amide bonds. The van der Waals surface area contributed by atoms with Crippen LogP contribution in [0.2, 0.25) is 0 Å². The number of rotatable bonds is 2. The Balaban J connectivity index is 3.42. The molecule has 1 aliphatic carbocycles. The number of nitrogens with zero attached hydrogens (tertiary/aromatic N) is 1. The first-order chi connectivity index (χ1) is 7.90. The first-order valence-electron chi connectivity index (χ1n) is 4.16. The van der Waals surface area contributed by atoms with E-state index in [1.54, 1.807) is 0 Å². The first kappa shape index (κ1) is 14.8. The number of nitriles is 1. The fourth-order valence-electron chi connectivity index (χ4n) is 1.31. The minimum Gasteiger partial charge on any atom is -0.273 e. The van der Waals surface area contributed by atoms with Crippen molar-refractivity contribution in [2.45, 2.75) is 23.6 Å². The molecule has 0 aromatic carbocycles. The largest absolute Gasteiger partial charge is 0.349 e. The van der Waals surface area contributed by atoms with Crippen LogP contribution in [0.1, 0.15) is 0 Å². The van der Waals surface area contributed by atoms with Gasteiger partial charge in [0, 0.05) is 0 Å². The smallest absolute Gasteiger partial charge is 0.273 e. The van der Waals surface area contributed by atoms with Gasteiger partial charge in [-0.2, -0.15) is 22.5 Å². The Kier molecular flexibility index (Phi) is 3.19. The standard InChI is InChI=1S/C7H5F5N2O3S/c8-4-1-2-6(10,14-18(15,16)17)7(11,12)5(4,9)3-13/h1-2,4,14H,(H,15,16,17). The predicted molar refractivity (Wildman–Crippen MR) is 47.0 cm³/mol. The van der Waals surface area contributed by atoms with Crippen LogP contribution in [-0.2, 0) is 10.3 Å². The third-order valence-electron chi connectivity index (χ3n) is 2.23. The van der Waals surface area contributed by atoms with Crippen LogP contribution in [0.3, 0.4) is 0 Å². The summed E-state index contributed by atoms with van der Waals surface area (Å²) in [4.78, 5) is 0. The van der Waals surface area contributed by atoms with Gasteiger partial charge in [-0.25, -0.2) is 13.2 Å². The van der Waals surface area contributed by atoms with Crippen molar-refractivity contribution in [1.82, 2.24) is 4.72 Å². The Labute approximate surface area is 97.8 Å². The molecule has 18 heavy (non-hydrogen) atoms. The van der Waals surface area contributed by atoms with E-state index < -0.39 is 33.9 Å². The fourth-order valence-corrected chi connectivity index (χ4v) is 1.88. The van der Waals surface area contributed by atoms with Gasteiger partial charge in [-0.1, -0.05) is 0 Å². The SMILES string of the molecule is N#CC1(F)C(F)C=CC(F)(NS(=O)(=O)O)C1(F)F. The number of alkyl halides is 5. The lowest BCUT2D eigenvalue weighted by atomic mass is 9.82.